The van der Waals surface area contributed by atoms with Crippen LogP contribution in [0.3, 0.4) is 0 Å². The summed E-state index contributed by atoms with van der Waals surface area (Å²) in [6.45, 7) is 0. The van der Waals surface area contributed by atoms with Crippen LogP contribution in [0.15, 0.2) is 36.8 Å². The van der Waals surface area contributed by atoms with Crippen molar-refractivity contribution in [3.8, 4) is 0 Å². The largest absolute Gasteiger partial charge is 0.382 e. The number of nitrogens with one attached hydrogen (secondary N) is 2. The molecule has 0 saturated heterocycles. The number of benzene rings is 1. The van der Waals surface area contributed by atoms with Gasteiger partial charge < -0.3 is 10.6 Å². The second kappa shape index (κ2) is 6.09. The van der Waals surface area contributed by atoms with E-state index in [4.69, 9.17) is 11.6 Å². The second-order valence-electron chi connectivity index (χ2n) is 5.05. The highest BCUT2D eigenvalue weighted by molar-refractivity contribution is 6.32. The lowest BCUT2D eigenvalue weighted by molar-refractivity contribution is 0.755. The zero-order valence-corrected chi connectivity index (χ0v) is 11.9. The molecule has 1 aliphatic carbocycles. The van der Waals surface area contributed by atoms with Crippen LogP contribution in [0.2, 0.25) is 5.02 Å². The molecule has 3 rings (SSSR count). The van der Waals surface area contributed by atoms with Gasteiger partial charge in [0.25, 0.3) is 0 Å². The first-order valence-electron chi connectivity index (χ1n) is 6.90. The highest BCUT2D eigenvalue weighted by Gasteiger charge is 2.14. The quantitative estimate of drug-likeness (QED) is 0.884. The Balaban J connectivity index is 1.72. The summed E-state index contributed by atoms with van der Waals surface area (Å²) in [5.41, 5.74) is 2.10. The lowest BCUT2D eigenvalue weighted by Crippen LogP contribution is -2.14. The van der Waals surface area contributed by atoms with Crippen LogP contribution in [0.25, 0.3) is 0 Å². The van der Waals surface area contributed by atoms with Crippen LogP contribution >= 0.6 is 11.6 Å². The van der Waals surface area contributed by atoms with E-state index in [2.05, 4.69) is 32.7 Å². The molecule has 0 spiro atoms. The van der Waals surface area contributed by atoms with Crippen molar-refractivity contribution in [2.24, 2.45) is 0 Å². The van der Waals surface area contributed by atoms with E-state index in [1.165, 1.54) is 32.0 Å². The Morgan fingerprint density at radius 2 is 1.95 bits per heavy atom. The molecule has 4 nitrogen and oxygen atoms in total. The van der Waals surface area contributed by atoms with Crippen LogP contribution < -0.4 is 10.6 Å². The maximum Gasteiger partial charge on any atom is 0.152 e. The Hall–Kier alpha value is -1.81. The number of hydrogen-bond donors (Lipinski definition) is 2. The average molecular weight is 289 g/mol. The Labute approximate surface area is 123 Å². The van der Waals surface area contributed by atoms with Crippen LogP contribution in [0.1, 0.15) is 25.7 Å². The number of anilines is 3. The normalized spacial score (nSPS) is 15.2. The van der Waals surface area contributed by atoms with Gasteiger partial charge in [-0.25, -0.2) is 9.97 Å². The third kappa shape index (κ3) is 3.20. The lowest BCUT2D eigenvalue weighted by atomic mass is 10.2. The Bertz CT molecular complexity index is 582. The standard InChI is InChI=1S/C15H17ClN4/c16-14-9-17-10-18-15(14)20-13-7-3-6-12(8-13)19-11-4-1-2-5-11/h3,6-11,19H,1-2,4-5H2,(H,17,18,20). The fourth-order valence-electron chi connectivity index (χ4n) is 2.53. The van der Waals surface area contributed by atoms with Crippen molar-refractivity contribution in [2.45, 2.75) is 31.7 Å². The summed E-state index contributed by atoms with van der Waals surface area (Å²) in [5, 5.41) is 7.31. The van der Waals surface area contributed by atoms with Crippen LogP contribution in [-0.2, 0) is 0 Å². The van der Waals surface area contributed by atoms with Crippen molar-refractivity contribution in [3.63, 3.8) is 0 Å². The summed E-state index contributed by atoms with van der Waals surface area (Å²) < 4.78 is 0. The molecule has 1 aliphatic rings. The van der Waals surface area contributed by atoms with Crippen LogP contribution in [0.4, 0.5) is 17.2 Å². The Kier molecular flexibility index (Phi) is 4.02. The topological polar surface area (TPSA) is 49.8 Å². The van der Waals surface area contributed by atoms with Gasteiger partial charge in [-0.2, -0.15) is 0 Å². The molecule has 0 bridgehead atoms. The van der Waals surface area contributed by atoms with Crippen molar-refractivity contribution in [1.29, 1.82) is 0 Å². The van der Waals surface area contributed by atoms with Crippen molar-refractivity contribution < 1.29 is 0 Å². The first-order chi connectivity index (χ1) is 9.81. The van der Waals surface area contributed by atoms with Crippen molar-refractivity contribution in [1.82, 2.24) is 9.97 Å². The molecule has 104 valence electrons. The Morgan fingerprint density at radius 3 is 2.75 bits per heavy atom. The number of hydrogen-bond acceptors (Lipinski definition) is 4. The lowest BCUT2D eigenvalue weighted by Gasteiger charge is -2.15. The van der Waals surface area contributed by atoms with Crippen LogP contribution in [0.5, 0.6) is 0 Å². The maximum atomic E-state index is 6.05. The van der Waals surface area contributed by atoms with Crippen LogP contribution in [-0.4, -0.2) is 16.0 Å². The van der Waals surface area contributed by atoms with Gasteiger partial charge in [-0.3, -0.25) is 0 Å². The van der Waals surface area contributed by atoms with Gasteiger partial charge in [0.05, 0.1) is 6.20 Å². The third-order valence-electron chi connectivity index (χ3n) is 3.52. The van der Waals surface area contributed by atoms with E-state index >= 15 is 0 Å². The molecule has 2 aromatic rings. The fraction of sp³-hybridized carbons (Fsp3) is 0.333. The minimum absolute atomic E-state index is 0.515. The maximum absolute atomic E-state index is 6.05. The van der Waals surface area contributed by atoms with E-state index in [-0.39, 0.29) is 0 Å². The molecule has 1 saturated carbocycles. The summed E-state index contributed by atoms with van der Waals surface area (Å²) >= 11 is 6.05. The van der Waals surface area contributed by atoms with E-state index in [1.807, 2.05) is 12.1 Å². The van der Waals surface area contributed by atoms with E-state index < -0.39 is 0 Å². The molecule has 1 aromatic carbocycles. The van der Waals surface area contributed by atoms with Gasteiger partial charge in [-0.15, -0.1) is 0 Å². The minimum atomic E-state index is 0.515. The predicted octanol–water partition coefficient (Wildman–Crippen LogP) is 4.23. The van der Waals surface area contributed by atoms with Crippen molar-refractivity contribution >= 4 is 28.8 Å². The molecule has 0 amide bonds. The SMILES string of the molecule is Clc1cncnc1Nc1cccc(NC2CCCC2)c1. The van der Waals surface area contributed by atoms with Gasteiger partial charge in [0, 0.05) is 17.4 Å². The zero-order valence-electron chi connectivity index (χ0n) is 11.1. The molecule has 20 heavy (non-hydrogen) atoms. The molecule has 0 radical (unpaired) electrons. The number of rotatable bonds is 4. The molecule has 2 N–H and O–H groups in total. The number of halogens is 1. The monoisotopic (exact) mass is 288 g/mol. The average Bonchev–Trinajstić information content (AvgIpc) is 2.95. The fourth-order valence-corrected chi connectivity index (χ4v) is 2.69. The van der Waals surface area contributed by atoms with E-state index in [9.17, 15) is 0 Å². The molecule has 0 atom stereocenters. The summed E-state index contributed by atoms with van der Waals surface area (Å²) in [6, 6.07) is 8.79. The van der Waals surface area contributed by atoms with Crippen molar-refractivity contribution in [3.05, 3.63) is 41.8 Å². The molecule has 5 heteroatoms. The predicted molar refractivity (Wildman–Crippen MR) is 82.6 cm³/mol. The highest BCUT2D eigenvalue weighted by atomic mass is 35.5. The molecule has 1 fully saturated rings. The molecule has 0 unspecified atom stereocenters. The summed E-state index contributed by atoms with van der Waals surface area (Å²) in [4.78, 5) is 8.01. The number of aromatic nitrogens is 2. The van der Waals surface area contributed by atoms with Gasteiger partial charge in [0.15, 0.2) is 5.82 Å². The molecular formula is C15H17ClN4. The van der Waals surface area contributed by atoms with E-state index in [1.54, 1.807) is 6.20 Å². The highest BCUT2D eigenvalue weighted by Crippen LogP contribution is 2.26. The van der Waals surface area contributed by atoms with E-state index in [0.29, 0.717) is 16.9 Å². The van der Waals surface area contributed by atoms with Gasteiger partial charge in [0.1, 0.15) is 11.3 Å². The minimum Gasteiger partial charge on any atom is -0.382 e. The third-order valence-corrected chi connectivity index (χ3v) is 3.80. The first-order valence-corrected chi connectivity index (χ1v) is 7.28. The van der Waals surface area contributed by atoms with E-state index in [0.717, 1.165) is 11.4 Å². The molecule has 1 aromatic heterocycles. The Morgan fingerprint density at radius 1 is 1.15 bits per heavy atom. The van der Waals surface area contributed by atoms with Gasteiger partial charge in [-0.05, 0) is 31.0 Å². The number of nitrogens with zero attached hydrogens (tertiary/aromatic N) is 2. The van der Waals surface area contributed by atoms with Crippen molar-refractivity contribution in [2.75, 3.05) is 10.6 Å². The molecule has 1 heterocycles. The second-order valence-corrected chi connectivity index (χ2v) is 5.46. The summed E-state index contributed by atoms with van der Waals surface area (Å²) in [5.74, 6) is 0.625. The van der Waals surface area contributed by atoms with Gasteiger partial charge >= 0.3 is 0 Å². The summed E-state index contributed by atoms with van der Waals surface area (Å²) in [7, 11) is 0. The first kappa shape index (κ1) is 13.2. The smallest absolute Gasteiger partial charge is 0.152 e. The molecular weight excluding hydrogens is 272 g/mol. The summed E-state index contributed by atoms with van der Waals surface area (Å²) in [6.07, 6.45) is 8.23. The van der Waals surface area contributed by atoms with Crippen LogP contribution in [0, 0.1) is 0 Å². The zero-order chi connectivity index (χ0) is 13.8. The molecule has 0 aliphatic heterocycles. The van der Waals surface area contributed by atoms with Gasteiger partial charge in [-0.1, -0.05) is 30.5 Å². The van der Waals surface area contributed by atoms with Gasteiger partial charge in [0.2, 0.25) is 0 Å².